The largest absolute Gasteiger partial charge is 0.496 e. The minimum absolute atomic E-state index is 0.0311. The molecule has 0 aliphatic rings. The Kier molecular flexibility index (Phi) is 5.05. The van der Waals surface area contributed by atoms with E-state index in [4.69, 9.17) is 16.3 Å². The van der Waals surface area contributed by atoms with Crippen LogP contribution in [0.3, 0.4) is 0 Å². The van der Waals surface area contributed by atoms with Crippen LogP contribution in [0.25, 0.3) is 0 Å². The molecule has 0 saturated heterocycles. The third-order valence-electron chi connectivity index (χ3n) is 3.39. The molecule has 106 valence electrons. The van der Waals surface area contributed by atoms with Crippen LogP contribution in [0, 0.1) is 6.92 Å². The van der Waals surface area contributed by atoms with E-state index in [2.05, 4.69) is 24.4 Å². The summed E-state index contributed by atoms with van der Waals surface area (Å²) in [6.45, 7) is 4.97. The van der Waals surface area contributed by atoms with Gasteiger partial charge in [-0.3, -0.25) is 0 Å². The molecule has 0 amide bonds. The molecule has 2 rings (SSSR count). The summed E-state index contributed by atoms with van der Waals surface area (Å²) in [7, 11) is 1.69. The topological polar surface area (TPSA) is 21.3 Å². The van der Waals surface area contributed by atoms with Gasteiger partial charge in [-0.05, 0) is 30.7 Å². The lowest BCUT2D eigenvalue weighted by molar-refractivity contribution is 0.404. The first-order chi connectivity index (χ1) is 9.69. The lowest BCUT2D eigenvalue weighted by Crippen LogP contribution is -2.23. The summed E-state index contributed by atoms with van der Waals surface area (Å²) in [6.07, 6.45) is 0. The van der Waals surface area contributed by atoms with Gasteiger partial charge in [0.2, 0.25) is 0 Å². The van der Waals surface area contributed by atoms with Gasteiger partial charge in [0, 0.05) is 10.6 Å². The van der Waals surface area contributed by atoms with Crippen LogP contribution in [0.15, 0.2) is 42.5 Å². The molecule has 1 N–H and O–H groups in total. The number of rotatable bonds is 5. The van der Waals surface area contributed by atoms with Gasteiger partial charge < -0.3 is 10.1 Å². The van der Waals surface area contributed by atoms with E-state index in [-0.39, 0.29) is 6.04 Å². The zero-order valence-corrected chi connectivity index (χ0v) is 12.9. The molecule has 0 aromatic heterocycles. The number of benzene rings is 2. The Morgan fingerprint density at radius 3 is 2.50 bits per heavy atom. The predicted octanol–water partition coefficient (Wildman–Crippen LogP) is 4.36. The quantitative estimate of drug-likeness (QED) is 0.883. The summed E-state index contributed by atoms with van der Waals surface area (Å²) in [5.41, 5.74) is 3.27. The molecule has 2 aromatic carbocycles. The monoisotopic (exact) mass is 289 g/mol. The number of ether oxygens (including phenoxy) is 1. The highest BCUT2D eigenvalue weighted by Crippen LogP contribution is 2.34. The molecule has 20 heavy (non-hydrogen) atoms. The Balaban J connectivity index is 2.53. The van der Waals surface area contributed by atoms with Crippen molar-refractivity contribution in [2.45, 2.75) is 19.9 Å². The highest BCUT2D eigenvalue weighted by molar-refractivity contribution is 6.32. The minimum Gasteiger partial charge on any atom is -0.496 e. The molecule has 3 heteroatoms. The number of hydrogen-bond donors (Lipinski definition) is 1. The van der Waals surface area contributed by atoms with Crippen LogP contribution in [-0.4, -0.2) is 13.7 Å². The van der Waals surface area contributed by atoms with Crippen LogP contribution in [0.2, 0.25) is 5.02 Å². The van der Waals surface area contributed by atoms with Crippen molar-refractivity contribution in [3.05, 3.63) is 64.2 Å². The fourth-order valence-corrected chi connectivity index (χ4v) is 2.62. The Labute approximate surface area is 125 Å². The van der Waals surface area contributed by atoms with Crippen LogP contribution in [0.4, 0.5) is 0 Å². The fourth-order valence-electron chi connectivity index (χ4n) is 2.39. The number of para-hydroxylation sites is 1. The number of hydrogen-bond acceptors (Lipinski definition) is 2. The first-order valence-corrected chi connectivity index (χ1v) is 7.18. The Morgan fingerprint density at radius 1 is 1.10 bits per heavy atom. The first-order valence-electron chi connectivity index (χ1n) is 6.80. The van der Waals surface area contributed by atoms with Gasteiger partial charge in [0.15, 0.2) is 0 Å². The summed E-state index contributed by atoms with van der Waals surface area (Å²) < 4.78 is 5.48. The molecule has 2 nitrogen and oxygen atoms in total. The first kappa shape index (κ1) is 14.9. The van der Waals surface area contributed by atoms with Crippen molar-refractivity contribution in [1.82, 2.24) is 5.32 Å². The van der Waals surface area contributed by atoms with Crippen molar-refractivity contribution in [3.8, 4) is 5.75 Å². The molecular weight excluding hydrogens is 270 g/mol. The molecule has 1 unspecified atom stereocenters. The van der Waals surface area contributed by atoms with Crippen molar-refractivity contribution in [2.75, 3.05) is 13.7 Å². The van der Waals surface area contributed by atoms with E-state index < -0.39 is 0 Å². The van der Waals surface area contributed by atoms with Gasteiger partial charge in [-0.1, -0.05) is 54.9 Å². The average molecular weight is 290 g/mol. The average Bonchev–Trinajstić information content (AvgIpc) is 2.48. The summed E-state index contributed by atoms with van der Waals surface area (Å²) in [5.74, 6) is 0.871. The van der Waals surface area contributed by atoms with E-state index in [0.29, 0.717) is 0 Å². The number of nitrogens with one attached hydrogen (secondary N) is 1. The molecule has 2 aromatic rings. The molecule has 0 fully saturated rings. The van der Waals surface area contributed by atoms with E-state index in [9.17, 15) is 0 Å². The maximum atomic E-state index is 6.49. The SMILES string of the molecule is CCNC(c1ccccc1OC)c1cccc(C)c1Cl. The maximum absolute atomic E-state index is 6.49. The van der Waals surface area contributed by atoms with Gasteiger partial charge in [0.1, 0.15) is 5.75 Å². The number of aryl methyl sites for hydroxylation is 1. The van der Waals surface area contributed by atoms with Crippen molar-refractivity contribution >= 4 is 11.6 Å². The van der Waals surface area contributed by atoms with Crippen LogP contribution < -0.4 is 10.1 Å². The van der Waals surface area contributed by atoms with Crippen molar-refractivity contribution in [1.29, 1.82) is 0 Å². The summed E-state index contributed by atoms with van der Waals surface area (Å²) in [4.78, 5) is 0. The minimum atomic E-state index is 0.0311. The van der Waals surface area contributed by atoms with E-state index in [1.54, 1.807) is 7.11 Å². The molecule has 0 spiro atoms. The van der Waals surface area contributed by atoms with Gasteiger partial charge in [0.25, 0.3) is 0 Å². The van der Waals surface area contributed by atoms with Crippen LogP contribution in [-0.2, 0) is 0 Å². The molecule has 0 aliphatic heterocycles. The summed E-state index contributed by atoms with van der Waals surface area (Å²) in [5, 5.41) is 4.30. The predicted molar refractivity (Wildman–Crippen MR) is 84.7 cm³/mol. The molecular formula is C17H20ClNO. The van der Waals surface area contributed by atoms with Gasteiger partial charge in [-0.25, -0.2) is 0 Å². The third-order valence-corrected chi connectivity index (χ3v) is 3.91. The molecule has 0 aliphatic carbocycles. The Bertz CT molecular complexity index is 583. The second-order valence-electron chi connectivity index (χ2n) is 4.71. The Hall–Kier alpha value is -1.51. The molecule has 0 heterocycles. The second-order valence-corrected chi connectivity index (χ2v) is 5.09. The molecule has 1 atom stereocenters. The van der Waals surface area contributed by atoms with Gasteiger partial charge in [0.05, 0.1) is 13.2 Å². The van der Waals surface area contributed by atoms with E-state index in [1.165, 1.54) is 0 Å². The van der Waals surface area contributed by atoms with Crippen LogP contribution in [0.5, 0.6) is 5.75 Å². The lowest BCUT2D eigenvalue weighted by atomic mass is 9.96. The molecule has 0 radical (unpaired) electrons. The second kappa shape index (κ2) is 6.78. The highest BCUT2D eigenvalue weighted by atomic mass is 35.5. The summed E-state index contributed by atoms with van der Waals surface area (Å²) in [6, 6.07) is 14.2. The normalized spacial score (nSPS) is 12.2. The number of methoxy groups -OCH3 is 1. The van der Waals surface area contributed by atoms with Crippen LogP contribution in [0.1, 0.15) is 29.7 Å². The Morgan fingerprint density at radius 2 is 1.80 bits per heavy atom. The van der Waals surface area contributed by atoms with E-state index >= 15 is 0 Å². The van der Waals surface area contributed by atoms with E-state index in [0.717, 1.165) is 34.0 Å². The van der Waals surface area contributed by atoms with Crippen molar-refractivity contribution in [2.24, 2.45) is 0 Å². The zero-order chi connectivity index (χ0) is 14.5. The standard InChI is InChI=1S/C17H20ClNO/c1-4-19-17(13-9-5-6-11-15(13)20-3)14-10-7-8-12(2)16(14)18/h5-11,17,19H,4H2,1-3H3. The molecule has 0 bridgehead atoms. The number of halogens is 1. The smallest absolute Gasteiger partial charge is 0.123 e. The lowest BCUT2D eigenvalue weighted by Gasteiger charge is -2.22. The maximum Gasteiger partial charge on any atom is 0.123 e. The van der Waals surface area contributed by atoms with Gasteiger partial charge in [-0.15, -0.1) is 0 Å². The van der Waals surface area contributed by atoms with Gasteiger partial charge in [-0.2, -0.15) is 0 Å². The fraction of sp³-hybridized carbons (Fsp3) is 0.294. The third kappa shape index (κ3) is 2.97. The van der Waals surface area contributed by atoms with Crippen molar-refractivity contribution in [3.63, 3.8) is 0 Å². The zero-order valence-electron chi connectivity index (χ0n) is 12.1. The highest BCUT2D eigenvalue weighted by Gasteiger charge is 2.19. The van der Waals surface area contributed by atoms with Crippen molar-refractivity contribution < 1.29 is 4.74 Å². The van der Waals surface area contributed by atoms with Crippen LogP contribution >= 0.6 is 11.6 Å². The summed E-state index contributed by atoms with van der Waals surface area (Å²) >= 11 is 6.49. The molecule has 0 saturated carbocycles. The van der Waals surface area contributed by atoms with E-state index in [1.807, 2.05) is 37.3 Å². The van der Waals surface area contributed by atoms with Gasteiger partial charge >= 0.3 is 0 Å².